The molecule has 0 spiro atoms. The lowest BCUT2D eigenvalue weighted by Crippen LogP contribution is -2.26. The van der Waals surface area contributed by atoms with E-state index in [0.717, 1.165) is 24.3 Å². The van der Waals surface area contributed by atoms with Crippen LogP contribution in [-0.4, -0.2) is 34.2 Å². The molecular formula is C15H20N4O4S. The summed E-state index contributed by atoms with van der Waals surface area (Å²) < 4.78 is 32.9. The monoisotopic (exact) mass is 352 g/mol. The predicted octanol–water partition coefficient (Wildman–Crippen LogP) is 2.09. The summed E-state index contributed by atoms with van der Waals surface area (Å²) in [6.07, 6.45) is 1.95. The molecule has 1 heterocycles. The lowest BCUT2D eigenvalue weighted by molar-refractivity contribution is -0.658. The summed E-state index contributed by atoms with van der Waals surface area (Å²) in [7, 11) is 2.37. The van der Waals surface area contributed by atoms with Crippen molar-refractivity contribution in [2.45, 2.75) is 0 Å². The third kappa shape index (κ3) is 7.27. The first-order chi connectivity index (χ1) is 11.2. The van der Waals surface area contributed by atoms with Gasteiger partial charge in [0, 0.05) is 25.8 Å². The number of hydrogen-bond donors (Lipinski definition) is 0. The van der Waals surface area contributed by atoms with Crippen LogP contribution in [0.4, 0.5) is 17.2 Å². The first kappa shape index (κ1) is 19.7. The first-order valence-corrected chi connectivity index (χ1v) is 8.21. The molecule has 0 unspecified atom stereocenters. The van der Waals surface area contributed by atoms with Crippen molar-refractivity contribution in [3.05, 3.63) is 48.7 Å². The highest BCUT2D eigenvalue weighted by Gasteiger charge is 2.03. The van der Waals surface area contributed by atoms with E-state index in [4.69, 9.17) is 0 Å². The van der Waals surface area contributed by atoms with Crippen LogP contribution in [0, 0.1) is 0 Å². The van der Waals surface area contributed by atoms with Crippen molar-refractivity contribution >= 4 is 27.6 Å². The minimum Gasteiger partial charge on any atom is -0.726 e. The third-order valence-corrected chi connectivity index (χ3v) is 3.27. The minimum absolute atomic E-state index is 0.808. The number of aromatic nitrogens is 1. The lowest BCUT2D eigenvalue weighted by Gasteiger charge is -2.11. The molecule has 2 aromatic rings. The van der Waals surface area contributed by atoms with Gasteiger partial charge in [0.15, 0.2) is 0 Å². The van der Waals surface area contributed by atoms with Crippen molar-refractivity contribution in [2.75, 3.05) is 26.1 Å². The van der Waals surface area contributed by atoms with Crippen molar-refractivity contribution in [2.24, 2.45) is 17.3 Å². The summed E-state index contributed by atoms with van der Waals surface area (Å²) in [6.45, 7) is 0. The zero-order valence-corrected chi connectivity index (χ0v) is 14.8. The van der Waals surface area contributed by atoms with Gasteiger partial charge in [0.2, 0.25) is 10.4 Å². The lowest BCUT2D eigenvalue weighted by atomic mass is 10.3. The molecule has 0 amide bonds. The van der Waals surface area contributed by atoms with Crippen LogP contribution in [0.25, 0.3) is 0 Å². The average Bonchev–Trinajstić information content (AvgIpc) is 2.54. The number of nitrogens with zero attached hydrogens (tertiary/aromatic N) is 4. The molecule has 0 aliphatic carbocycles. The number of benzene rings is 1. The Morgan fingerprint density at radius 2 is 1.67 bits per heavy atom. The van der Waals surface area contributed by atoms with Gasteiger partial charge in [-0.15, -0.1) is 0 Å². The number of pyridine rings is 1. The van der Waals surface area contributed by atoms with E-state index in [-0.39, 0.29) is 0 Å². The molecule has 0 N–H and O–H groups in total. The molecule has 0 saturated carbocycles. The van der Waals surface area contributed by atoms with Crippen LogP contribution in [0.2, 0.25) is 0 Å². The zero-order chi connectivity index (χ0) is 18.2. The molecule has 1 aromatic carbocycles. The Labute approximate surface area is 142 Å². The second kappa shape index (κ2) is 9.06. The van der Waals surface area contributed by atoms with Crippen LogP contribution >= 0.6 is 0 Å². The average molecular weight is 352 g/mol. The minimum atomic E-state index is -4.41. The summed E-state index contributed by atoms with van der Waals surface area (Å²) in [5.41, 5.74) is 2.00. The van der Waals surface area contributed by atoms with Gasteiger partial charge in [-0.05, 0) is 35.4 Å². The van der Waals surface area contributed by atoms with E-state index in [9.17, 15) is 13.0 Å². The standard InChI is InChI=1S/C14H17N4.CH4O4S/c1-17(2)13-9-7-12(8-10-13)15-16-14-6-4-5-11-18(14)3;1-5-6(2,3)4/h4-11H,1-3H3;1H3,(H,2,3,4)/q+1;/p-1. The van der Waals surface area contributed by atoms with E-state index in [0.29, 0.717) is 0 Å². The largest absolute Gasteiger partial charge is 0.726 e. The molecular weight excluding hydrogens is 332 g/mol. The third-order valence-electron chi connectivity index (χ3n) is 2.87. The fourth-order valence-electron chi connectivity index (χ4n) is 1.54. The number of hydrogen-bond acceptors (Lipinski definition) is 7. The van der Waals surface area contributed by atoms with Gasteiger partial charge in [-0.2, -0.15) is 0 Å². The maximum atomic E-state index is 9.22. The zero-order valence-electron chi connectivity index (χ0n) is 13.9. The van der Waals surface area contributed by atoms with Crippen LogP contribution in [0.5, 0.6) is 0 Å². The summed E-state index contributed by atoms with van der Waals surface area (Å²) in [5.74, 6) is 0.828. The fourth-order valence-corrected chi connectivity index (χ4v) is 1.54. The molecule has 2 rings (SSSR count). The van der Waals surface area contributed by atoms with Gasteiger partial charge in [-0.25, -0.2) is 13.0 Å². The van der Waals surface area contributed by atoms with Gasteiger partial charge >= 0.3 is 5.82 Å². The Kier molecular flexibility index (Phi) is 7.43. The van der Waals surface area contributed by atoms with Gasteiger partial charge in [0.1, 0.15) is 5.69 Å². The Morgan fingerprint density at radius 1 is 1.08 bits per heavy atom. The Balaban J connectivity index is 0.000000413. The predicted molar refractivity (Wildman–Crippen MR) is 89.3 cm³/mol. The first-order valence-electron chi connectivity index (χ1n) is 6.88. The van der Waals surface area contributed by atoms with Gasteiger partial charge < -0.3 is 9.45 Å². The van der Waals surface area contributed by atoms with Gasteiger partial charge in [0.05, 0.1) is 25.5 Å². The highest BCUT2D eigenvalue weighted by Crippen LogP contribution is 2.19. The van der Waals surface area contributed by atoms with Crippen molar-refractivity contribution < 1.29 is 21.7 Å². The second-order valence-electron chi connectivity index (χ2n) is 4.86. The summed E-state index contributed by atoms with van der Waals surface area (Å²) in [6, 6.07) is 13.8. The van der Waals surface area contributed by atoms with E-state index >= 15 is 0 Å². The Hall–Kier alpha value is -2.36. The van der Waals surface area contributed by atoms with E-state index in [1.165, 1.54) is 0 Å². The van der Waals surface area contributed by atoms with Crippen LogP contribution in [0.15, 0.2) is 58.9 Å². The number of aryl methyl sites for hydroxylation is 1. The molecule has 0 bridgehead atoms. The van der Waals surface area contributed by atoms with Crippen molar-refractivity contribution in [1.29, 1.82) is 0 Å². The van der Waals surface area contributed by atoms with Gasteiger partial charge in [-0.1, -0.05) is 6.07 Å². The van der Waals surface area contributed by atoms with Crippen LogP contribution < -0.4 is 9.47 Å². The van der Waals surface area contributed by atoms with Crippen LogP contribution in [-0.2, 0) is 21.6 Å². The normalized spacial score (nSPS) is 11.0. The smallest absolute Gasteiger partial charge is 0.350 e. The molecule has 0 saturated heterocycles. The molecule has 9 heteroatoms. The molecule has 24 heavy (non-hydrogen) atoms. The Morgan fingerprint density at radius 3 is 2.12 bits per heavy atom. The molecule has 0 aliphatic rings. The van der Waals surface area contributed by atoms with Crippen LogP contribution in [0.1, 0.15) is 0 Å². The number of rotatable bonds is 4. The molecule has 0 fully saturated rings. The van der Waals surface area contributed by atoms with E-state index in [1.807, 2.05) is 74.4 Å². The quantitative estimate of drug-likeness (QED) is 0.363. The molecule has 0 aliphatic heterocycles. The van der Waals surface area contributed by atoms with E-state index < -0.39 is 10.4 Å². The fraction of sp³-hybridized carbons (Fsp3) is 0.267. The highest BCUT2D eigenvalue weighted by molar-refractivity contribution is 7.80. The summed E-state index contributed by atoms with van der Waals surface area (Å²) >= 11 is 0. The Bertz CT molecular complexity index is 774. The number of anilines is 1. The van der Waals surface area contributed by atoms with E-state index in [2.05, 4.69) is 19.3 Å². The number of azo groups is 1. The molecule has 0 atom stereocenters. The van der Waals surface area contributed by atoms with Crippen molar-refractivity contribution in [3.63, 3.8) is 0 Å². The van der Waals surface area contributed by atoms with Crippen molar-refractivity contribution in [1.82, 2.24) is 0 Å². The van der Waals surface area contributed by atoms with Crippen molar-refractivity contribution in [3.8, 4) is 0 Å². The molecule has 0 radical (unpaired) electrons. The maximum Gasteiger partial charge on any atom is 0.350 e. The maximum absolute atomic E-state index is 9.22. The van der Waals surface area contributed by atoms with E-state index in [1.54, 1.807) is 0 Å². The second-order valence-corrected chi connectivity index (χ2v) is 6.01. The SMILES string of the molecule is CN(C)c1ccc(N=Nc2cccc[n+]2C)cc1.COS(=O)(=O)[O-]. The topological polar surface area (TPSA) is 98.3 Å². The van der Waals surface area contributed by atoms with Crippen LogP contribution in [0.3, 0.4) is 0 Å². The summed E-state index contributed by atoms with van der Waals surface area (Å²) in [4.78, 5) is 2.05. The van der Waals surface area contributed by atoms with Gasteiger partial charge in [0.25, 0.3) is 0 Å². The highest BCUT2D eigenvalue weighted by atomic mass is 32.3. The molecule has 8 nitrogen and oxygen atoms in total. The van der Waals surface area contributed by atoms with Gasteiger partial charge in [-0.3, -0.25) is 4.18 Å². The molecule has 1 aromatic heterocycles. The molecule has 130 valence electrons. The summed E-state index contributed by atoms with van der Waals surface area (Å²) in [5, 5.41) is 8.45.